The molecular formula is C22H18N2O. The molecule has 0 aliphatic heterocycles. The molecule has 0 radical (unpaired) electrons. The van der Waals surface area contributed by atoms with Gasteiger partial charge in [0.25, 0.3) is 5.91 Å². The summed E-state index contributed by atoms with van der Waals surface area (Å²) in [6, 6.07) is 18.9. The van der Waals surface area contributed by atoms with E-state index in [1.165, 1.54) is 0 Å². The largest absolute Gasteiger partial charge is 0.322 e. The van der Waals surface area contributed by atoms with E-state index in [1.54, 1.807) is 6.20 Å². The summed E-state index contributed by atoms with van der Waals surface area (Å²) in [5.41, 5.74) is 5.05. The maximum Gasteiger partial charge on any atom is 0.255 e. The highest BCUT2D eigenvalue weighted by Gasteiger charge is 2.07. The van der Waals surface area contributed by atoms with Crippen molar-refractivity contribution in [3.8, 4) is 11.8 Å². The van der Waals surface area contributed by atoms with Crippen LogP contribution in [0.5, 0.6) is 0 Å². The zero-order chi connectivity index (χ0) is 17.6. The fraction of sp³-hybridized carbons (Fsp3) is 0.0909. The van der Waals surface area contributed by atoms with Gasteiger partial charge in [0, 0.05) is 23.0 Å². The highest BCUT2D eigenvalue weighted by atomic mass is 16.1. The summed E-state index contributed by atoms with van der Waals surface area (Å²) >= 11 is 0. The molecule has 122 valence electrons. The topological polar surface area (TPSA) is 42.0 Å². The van der Waals surface area contributed by atoms with Gasteiger partial charge in [0.1, 0.15) is 5.69 Å². The maximum absolute atomic E-state index is 12.5. The number of carbonyl (C=O) groups excluding carboxylic acids is 1. The van der Waals surface area contributed by atoms with E-state index in [1.807, 2.05) is 74.5 Å². The van der Waals surface area contributed by atoms with Crippen LogP contribution in [0.25, 0.3) is 0 Å². The molecule has 3 nitrogen and oxygen atoms in total. The number of amides is 1. The summed E-state index contributed by atoms with van der Waals surface area (Å²) in [6.45, 7) is 3.97. The van der Waals surface area contributed by atoms with Crippen molar-refractivity contribution in [3.63, 3.8) is 0 Å². The average molecular weight is 326 g/mol. The lowest BCUT2D eigenvalue weighted by Crippen LogP contribution is -2.12. The molecule has 25 heavy (non-hydrogen) atoms. The number of hydrogen-bond donors (Lipinski definition) is 1. The van der Waals surface area contributed by atoms with Gasteiger partial charge in [-0.2, -0.15) is 0 Å². The molecule has 0 fully saturated rings. The highest BCUT2D eigenvalue weighted by molar-refractivity contribution is 6.04. The van der Waals surface area contributed by atoms with Crippen LogP contribution in [-0.2, 0) is 0 Å². The zero-order valence-electron chi connectivity index (χ0n) is 14.2. The minimum absolute atomic E-state index is 0.123. The van der Waals surface area contributed by atoms with Gasteiger partial charge in [0.15, 0.2) is 0 Å². The third-order valence-electron chi connectivity index (χ3n) is 3.60. The minimum atomic E-state index is -0.123. The number of aromatic nitrogens is 1. The SMILES string of the molecule is Cc1cc(C)cc(C(=O)Nc2cccc(C#Cc3ccccn3)c2)c1. The molecule has 0 saturated heterocycles. The van der Waals surface area contributed by atoms with Gasteiger partial charge in [-0.1, -0.05) is 35.2 Å². The van der Waals surface area contributed by atoms with E-state index in [4.69, 9.17) is 0 Å². The van der Waals surface area contributed by atoms with Crippen LogP contribution in [0.15, 0.2) is 66.9 Å². The fourth-order valence-corrected chi connectivity index (χ4v) is 2.56. The predicted molar refractivity (Wildman–Crippen MR) is 101 cm³/mol. The molecule has 0 aliphatic rings. The normalized spacial score (nSPS) is 9.84. The average Bonchev–Trinajstić information content (AvgIpc) is 2.60. The molecule has 3 heteroatoms. The second-order valence-electron chi connectivity index (χ2n) is 5.88. The molecule has 1 aromatic heterocycles. The Hall–Kier alpha value is -3.38. The van der Waals surface area contributed by atoms with Gasteiger partial charge in [0.05, 0.1) is 0 Å². The Balaban J connectivity index is 1.78. The molecule has 1 heterocycles. The lowest BCUT2D eigenvalue weighted by Gasteiger charge is -2.07. The first-order valence-corrected chi connectivity index (χ1v) is 8.03. The summed E-state index contributed by atoms with van der Waals surface area (Å²) in [5, 5.41) is 2.93. The molecule has 0 unspecified atom stereocenters. The first-order chi connectivity index (χ1) is 12.1. The van der Waals surface area contributed by atoms with Crippen LogP contribution in [0.3, 0.4) is 0 Å². The van der Waals surface area contributed by atoms with Crippen molar-refractivity contribution in [1.29, 1.82) is 0 Å². The Bertz CT molecular complexity index is 946. The van der Waals surface area contributed by atoms with Gasteiger partial charge < -0.3 is 5.32 Å². The van der Waals surface area contributed by atoms with Crippen molar-refractivity contribution in [3.05, 3.63) is 94.8 Å². The third-order valence-corrected chi connectivity index (χ3v) is 3.60. The van der Waals surface area contributed by atoms with Crippen LogP contribution in [0.1, 0.15) is 32.7 Å². The molecule has 3 aromatic rings. The van der Waals surface area contributed by atoms with E-state index >= 15 is 0 Å². The summed E-state index contributed by atoms with van der Waals surface area (Å²) < 4.78 is 0. The van der Waals surface area contributed by atoms with E-state index in [9.17, 15) is 4.79 Å². The van der Waals surface area contributed by atoms with E-state index in [2.05, 4.69) is 22.1 Å². The molecule has 3 rings (SSSR count). The van der Waals surface area contributed by atoms with Gasteiger partial charge in [-0.3, -0.25) is 4.79 Å². The zero-order valence-corrected chi connectivity index (χ0v) is 14.2. The predicted octanol–water partition coefficient (Wildman–Crippen LogP) is 4.35. The number of pyridine rings is 1. The Labute approximate surface area is 147 Å². The second kappa shape index (κ2) is 7.46. The van der Waals surface area contributed by atoms with Crippen molar-refractivity contribution in [2.75, 3.05) is 5.32 Å². The molecule has 2 aromatic carbocycles. The smallest absolute Gasteiger partial charge is 0.255 e. The number of aryl methyl sites for hydroxylation is 2. The molecule has 0 saturated carbocycles. The van der Waals surface area contributed by atoms with E-state index < -0.39 is 0 Å². The van der Waals surface area contributed by atoms with Crippen molar-refractivity contribution in [2.24, 2.45) is 0 Å². The second-order valence-corrected chi connectivity index (χ2v) is 5.88. The van der Waals surface area contributed by atoms with Crippen molar-refractivity contribution in [1.82, 2.24) is 4.98 Å². The van der Waals surface area contributed by atoms with Crippen molar-refractivity contribution >= 4 is 11.6 Å². The van der Waals surface area contributed by atoms with Crippen LogP contribution in [0.2, 0.25) is 0 Å². The van der Waals surface area contributed by atoms with E-state index in [0.29, 0.717) is 11.3 Å². The van der Waals surface area contributed by atoms with Gasteiger partial charge >= 0.3 is 0 Å². The Morgan fingerprint density at radius 2 is 1.72 bits per heavy atom. The van der Waals surface area contributed by atoms with E-state index in [-0.39, 0.29) is 5.91 Å². The Kier molecular flexibility index (Phi) is 4.92. The summed E-state index contributed by atoms with van der Waals surface area (Å²) in [5.74, 6) is 5.96. The quantitative estimate of drug-likeness (QED) is 0.711. The van der Waals surface area contributed by atoms with Gasteiger partial charge in [-0.25, -0.2) is 4.98 Å². The fourth-order valence-electron chi connectivity index (χ4n) is 2.56. The molecular weight excluding hydrogens is 308 g/mol. The van der Waals surface area contributed by atoms with Crippen LogP contribution < -0.4 is 5.32 Å². The summed E-state index contributed by atoms with van der Waals surface area (Å²) in [6.07, 6.45) is 1.71. The maximum atomic E-state index is 12.5. The number of nitrogens with one attached hydrogen (secondary N) is 1. The van der Waals surface area contributed by atoms with Crippen LogP contribution >= 0.6 is 0 Å². The number of rotatable bonds is 2. The summed E-state index contributed by atoms with van der Waals surface area (Å²) in [7, 11) is 0. The molecule has 0 spiro atoms. The number of anilines is 1. The number of nitrogens with zero attached hydrogens (tertiary/aromatic N) is 1. The first-order valence-electron chi connectivity index (χ1n) is 8.03. The number of benzene rings is 2. The number of carbonyl (C=O) groups is 1. The van der Waals surface area contributed by atoms with Crippen LogP contribution in [0.4, 0.5) is 5.69 Å². The molecule has 0 bridgehead atoms. The van der Waals surface area contributed by atoms with Gasteiger partial charge in [-0.05, 0) is 62.2 Å². The first kappa shape index (κ1) is 16.5. The molecule has 0 aliphatic carbocycles. The monoisotopic (exact) mass is 326 g/mol. The Morgan fingerprint density at radius 3 is 2.44 bits per heavy atom. The van der Waals surface area contributed by atoms with Crippen molar-refractivity contribution in [2.45, 2.75) is 13.8 Å². The van der Waals surface area contributed by atoms with Crippen molar-refractivity contribution < 1.29 is 4.79 Å². The number of hydrogen-bond acceptors (Lipinski definition) is 2. The highest BCUT2D eigenvalue weighted by Crippen LogP contribution is 2.14. The van der Waals surface area contributed by atoms with Gasteiger partial charge in [-0.15, -0.1) is 0 Å². The third kappa shape index (κ3) is 4.55. The lowest BCUT2D eigenvalue weighted by molar-refractivity contribution is 0.102. The minimum Gasteiger partial charge on any atom is -0.322 e. The van der Waals surface area contributed by atoms with Crippen LogP contribution in [0, 0.1) is 25.7 Å². The molecule has 1 N–H and O–H groups in total. The lowest BCUT2D eigenvalue weighted by atomic mass is 10.1. The standard InChI is InChI=1S/C22H18N2O/c1-16-12-17(2)14-19(13-16)22(25)24-21-8-5-6-18(15-21)9-10-20-7-3-4-11-23-20/h3-8,11-15H,1-2H3,(H,24,25). The Morgan fingerprint density at radius 1 is 0.920 bits per heavy atom. The molecule has 1 amide bonds. The van der Waals surface area contributed by atoms with Gasteiger partial charge in [0.2, 0.25) is 0 Å². The molecule has 0 atom stereocenters. The van der Waals surface area contributed by atoms with E-state index in [0.717, 1.165) is 22.4 Å². The van der Waals surface area contributed by atoms with Crippen LogP contribution in [-0.4, -0.2) is 10.9 Å². The summed E-state index contributed by atoms with van der Waals surface area (Å²) in [4.78, 5) is 16.6.